The lowest BCUT2D eigenvalue weighted by Gasteiger charge is -2.13. The van der Waals surface area contributed by atoms with Gasteiger partial charge in [-0.15, -0.1) is 11.3 Å². The van der Waals surface area contributed by atoms with Gasteiger partial charge in [-0.2, -0.15) is 0 Å². The number of primary amides is 1. The Hall–Kier alpha value is -2.36. The van der Waals surface area contributed by atoms with E-state index < -0.39 is 11.2 Å². The van der Waals surface area contributed by atoms with Gasteiger partial charge in [0.15, 0.2) is 5.16 Å². The molecular formula is C21H24N4O3S2. The van der Waals surface area contributed by atoms with Crippen LogP contribution in [-0.2, 0) is 28.9 Å². The average Bonchev–Trinajstić information content (AvgIpc) is 3.38. The monoisotopic (exact) mass is 444 g/mol. The number of imidazole rings is 1. The molecule has 0 saturated carbocycles. The summed E-state index contributed by atoms with van der Waals surface area (Å²) in [5, 5.41) is 3.86. The van der Waals surface area contributed by atoms with Crippen molar-refractivity contribution >= 4 is 50.9 Å². The molecule has 3 aromatic rings. The van der Waals surface area contributed by atoms with Crippen LogP contribution in [0, 0.1) is 0 Å². The average molecular weight is 445 g/mol. The molecule has 1 aliphatic carbocycles. The lowest BCUT2D eigenvalue weighted by atomic mass is 10.1. The van der Waals surface area contributed by atoms with Gasteiger partial charge in [0.2, 0.25) is 5.91 Å². The van der Waals surface area contributed by atoms with Crippen LogP contribution < -0.4 is 11.1 Å². The van der Waals surface area contributed by atoms with Gasteiger partial charge >= 0.3 is 0 Å². The number of anilines is 1. The number of nitrogens with two attached hydrogens (primary N) is 1. The molecule has 158 valence electrons. The third-order valence-electron chi connectivity index (χ3n) is 5.19. The van der Waals surface area contributed by atoms with E-state index in [0.29, 0.717) is 23.7 Å². The van der Waals surface area contributed by atoms with E-state index in [-0.39, 0.29) is 5.91 Å². The molecule has 0 spiro atoms. The van der Waals surface area contributed by atoms with Crippen LogP contribution in [-0.4, -0.2) is 40.3 Å². The summed E-state index contributed by atoms with van der Waals surface area (Å²) in [5.74, 6) is -0.654. The fourth-order valence-electron chi connectivity index (χ4n) is 3.72. The molecule has 1 unspecified atom stereocenters. The predicted octanol–water partition coefficient (Wildman–Crippen LogP) is 3.45. The molecule has 0 saturated heterocycles. The SMILES string of the molecule is COCCn1c(SC(C)C(=O)Nc2sc3c(c2C(N)=O)CCC3)nc2ccccc21. The zero-order valence-electron chi connectivity index (χ0n) is 16.9. The number of hydrogen-bond acceptors (Lipinski definition) is 6. The number of aryl methyl sites for hydroxylation is 1. The summed E-state index contributed by atoms with van der Waals surface area (Å²) >= 11 is 2.86. The summed E-state index contributed by atoms with van der Waals surface area (Å²) in [4.78, 5) is 30.8. The van der Waals surface area contributed by atoms with Crippen LogP contribution in [0.1, 0.15) is 34.1 Å². The summed E-state index contributed by atoms with van der Waals surface area (Å²) in [5.41, 5.74) is 8.98. The fourth-order valence-corrected chi connectivity index (χ4v) is 5.97. The van der Waals surface area contributed by atoms with E-state index in [1.807, 2.05) is 31.2 Å². The maximum atomic E-state index is 12.9. The number of nitrogens with one attached hydrogen (secondary N) is 1. The highest BCUT2D eigenvalue weighted by molar-refractivity contribution is 8.00. The Morgan fingerprint density at radius 3 is 2.93 bits per heavy atom. The molecule has 0 aliphatic heterocycles. The van der Waals surface area contributed by atoms with Crippen molar-refractivity contribution in [1.29, 1.82) is 0 Å². The standard InChI is InChI=1S/C21H24N4O3S2/c1-12(19(27)24-20-17(18(22)26)13-6-5-9-16(13)30-20)29-21-23-14-7-3-4-8-15(14)25(21)10-11-28-2/h3-4,7-8,12H,5-6,9-11H2,1-2H3,(H2,22,26)(H,24,27). The first-order chi connectivity index (χ1) is 14.5. The van der Waals surface area contributed by atoms with Crippen molar-refractivity contribution in [3.8, 4) is 0 Å². The van der Waals surface area contributed by atoms with E-state index in [1.54, 1.807) is 7.11 Å². The smallest absolute Gasteiger partial charge is 0.251 e. The number of carbonyl (C=O) groups excluding carboxylic acids is 2. The molecule has 7 nitrogen and oxygen atoms in total. The van der Waals surface area contributed by atoms with E-state index in [4.69, 9.17) is 15.5 Å². The number of para-hydroxylation sites is 2. The fraction of sp³-hybridized carbons (Fsp3) is 0.381. The van der Waals surface area contributed by atoms with E-state index in [1.165, 1.54) is 23.1 Å². The Morgan fingerprint density at radius 1 is 1.37 bits per heavy atom. The van der Waals surface area contributed by atoms with E-state index >= 15 is 0 Å². The van der Waals surface area contributed by atoms with Gasteiger partial charge in [0.25, 0.3) is 5.91 Å². The Kier molecular flexibility index (Phi) is 6.12. The highest BCUT2D eigenvalue weighted by Gasteiger charge is 2.27. The van der Waals surface area contributed by atoms with Gasteiger partial charge in [0.05, 0.1) is 28.5 Å². The number of nitrogens with zero attached hydrogens (tertiary/aromatic N) is 2. The number of thioether (sulfide) groups is 1. The van der Waals surface area contributed by atoms with Crippen molar-refractivity contribution < 1.29 is 14.3 Å². The van der Waals surface area contributed by atoms with Crippen LogP contribution in [0.4, 0.5) is 5.00 Å². The number of rotatable bonds is 8. The largest absolute Gasteiger partial charge is 0.383 e. The van der Waals surface area contributed by atoms with Gasteiger partial charge in [-0.05, 0) is 43.9 Å². The van der Waals surface area contributed by atoms with Crippen molar-refractivity contribution in [2.45, 2.75) is 43.1 Å². The lowest BCUT2D eigenvalue weighted by Crippen LogP contribution is -2.24. The molecule has 2 heterocycles. The molecule has 0 fully saturated rings. The van der Waals surface area contributed by atoms with Crippen LogP contribution in [0.15, 0.2) is 29.4 Å². The topological polar surface area (TPSA) is 99.2 Å². The Bertz CT molecular complexity index is 1110. The first-order valence-corrected chi connectivity index (χ1v) is 11.5. The van der Waals surface area contributed by atoms with Gasteiger partial charge < -0.3 is 20.4 Å². The van der Waals surface area contributed by atoms with Crippen LogP contribution in [0.3, 0.4) is 0 Å². The second kappa shape index (κ2) is 8.79. The molecule has 2 amide bonds. The third kappa shape index (κ3) is 3.97. The number of aromatic nitrogens is 2. The number of fused-ring (bicyclic) bond motifs is 2. The van der Waals surface area contributed by atoms with Gasteiger partial charge in [0, 0.05) is 18.5 Å². The van der Waals surface area contributed by atoms with Crippen LogP contribution in [0.25, 0.3) is 11.0 Å². The maximum absolute atomic E-state index is 12.9. The minimum absolute atomic E-state index is 0.173. The zero-order valence-corrected chi connectivity index (χ0v) is 18.6. The third-order valence-corrected chi connectivity index (χ3v) is 7.49. The molecule has 1 aliphatic rings. The van der Waals surface area contributed by atoms with Crippen molar-refractivity contribution in [1.82, 2.24) is 9.55 Å². The Morgan fingerprint density at radius 2 is 2.17 bits per heavy atom. The number of ether oxygens (including phenoxy) is 1. The quantitative estimate of drug-likeness (QED) is 0.519. The molecule has 0 radical (unpaired) electrons. The minimum atomic E-state index is -0.480. The maximum Gasteiger partial charge on any atom is 0.251 e. The van der Waals surface area contributed by atoms with Crippen LogP contribution in [0.5, 0.6) is 0 Å². The highest BCUT2D eigenvalue weighted by Crippen LogP contribution is 2.39. The van der Waals surface area contributed by atoms with E-state index in [2.05, 4.69) is 9.88 Å². The summed E-state index contributed by atoms with van der Waals surface area (Å²) in [7, 11) is 1.66. The Balaban J connectivity index is 1.54. The molecular weight excluding hydrogens is 420 g/mol. The van der Waals surface area contributed by atoms with Crippen molar-refractivity contribution in [3.05, 3.63) is 40.3 Å². The number of amides is 2. The van der Waals surface area contributed by atoms with E-state index in [0.717, 1.165) is 45.9 Å². The van der Waals surface area contributed by atoms with Gasteiger partial charge in [-0.1, -0.05) is 23.9 Å². The molecule has 1 atom stereocenters. The summed E-state index contributed by atoms with van der Waals surface area (Å²) < 4.78 is 7.31. The van der Waals surface area contributed by atoms with Crippen molar-refractivity contribution in [2.75, 3.05) is 19.0 Å². The summed E-state index contributed by atoms with van der Waals surface area (Å²) in [6, 6.07) is 7.89. The number of thiophene rings is 1. The lowest BCUT2D eigenvalue weighted by molar-refractivity contribution is -0.115. The van der Waals surface area contributed by atoms with Gasteiger partial charge in [-0.25, -0.2) is 4.98 Å². The number of carbonyl (C=O) groups is 2. The zero-order chi connectivity index (χ0) is 21.3. The van der Waals surface area contributed by atoms with Gasteiger partial charge in [-0.3, -0.25) is 9.59 Å². The summed E-state index contributed by atoms with van der Waals surface area (Å²) in [6.07, 6.45) is 2.80. The first kappa shape index (κ1) is 20.9. The molecule has 30 heavy (non-hydrogen) atoms. The molecule has 3 N–H and O–H groups in total. The van der Waals surface area contributed by atoms with Gasteiger partial charge in [0.1, 0.15) is 5.00 Å². The molecule has 0 bridgehead atoms. The summed E-state index contributed by atoms with van der Waals surface area (Å²) in [6.45, 7) is 3.04. The molecule has 2 aromatic heterocycles. The van der Waals surface area contributed by atoms with E-state index in [9.17, 15) is 9.59 Å². The normalized spacial score (nSPS) is 14.1. The second-order valence-electron chi connectivity index (χ2n) is 7.20. The Labute approximate surface area is 183 Å². The van der Waals surface area contributed by atoms with Crippen molar-refractivity contribution in [3.63, 3.8) is 0 Å². The minimum Gasteiger partial charge on any atom is -0.383 e. The number of methoxy groups -OCH3 is 1. The second-order valence-corrected chi connectivity index (χ2v) is 9.62. The highest BCUT2D eigenvalue weighted by atomic mass is 32.2. The van der Waals surface area contributed by atoms with Crippen LogP contribution in [0.2, 0.25) is 0 Å². The predicted molar refractivity (Wildman–Crippen MR) is 120 cm³/mol. The molecule has 4 rings (SSSR count). The molecule has 1 aromatic carbocycles. The number of hydrogen-bond donors (Lipinski definition) is 2. The van der Waals surface area contributed by atoms with Crippen LogP contribution >= 0.6 is 23.1 Å². The van der Waals surface area contributed by atoms with Crippen molar-refractivity contribution in [2.24, 2.45) is 5.73 Å². The first-order valence-electron chi connectivity index (χ1n) is 9.85. The number of benzene rings is 1. The molecule has 9 heteroatoms.